The Balaban J connectivity index is 2.00. The summed E-state index contributed by atoms with van der Waals surface area (Å²) in [6, 6.07) is 11.8. The zero-order valence-electron chi connectivity index (χ0n) is 11.4. The molecule has 1 unspecified atom stereocenters. The summed E-state index contributed by atoms with van der Waals surface area (Å²) in [5.74, 6) is -0.420. The van der Waals surface area contributed by atoms with Crippen molar-refractivity contribution >= 4 is 39.7 Å². The molecule has 6 heteroatoms. The molecule has 21 heavy (non-hydrogen) atoms. The summed E-state index contributed by atoms with van der Waals surface area (Å²) >= 11 is 5.77. The molecule has 2 aromatic rings. The Labute approximate surface area is 130 Å². The quantitative estimate of drug-likeness (QED) is 0.850. The summed E-state index contributed by atoms with van der Waals surface area (Å²) < 4.78 is 12.2. The van der Waals surface area contributed by atoms with Crippen LogP contribution in [-0.2, 0) is 15.6 Å². The van der Waals surface area contributed by atoms with Crippen molar-refractivity contribution in [3.05, 3.63) is 53.1 Å². The van der Waals surface area contributed by atoms with Crippen molar-refractivity contribution in [2.24, 2.45) is 0 Å². The Kier molecular flexibility index (Phi) is 4.98. The molecule has 0 fully saturated rings. The van der Waals surface area contributed by atoms with E-state index >= 15 is 0 Å². The molecular weight excluding hydrogens is 308 g/mol. The third kappa shape index (κ3) is 4.31. The van der Waals surface area contributed by atoms with E-state index in [2.05, 4.69) is 5.32 Å². The number of benzene rings is 2. The number of nitrogens with two attached hydrogens (primary N) is 1. The van der Waals surface area contributed by atoms with Gasteiger partial charge in [0, 0.05) is 21.3 Å². The average molecular weight is 323 g/mol. The number of hydrogen-bond donors (Lipinski definition) is 2. The molecule has 0 saturated heterocycles. The highest BCUT2D eigenvalue weighted by Gasteiger charge is 2.11. The van der Waals surface area contributed by atoms with Gasteiger partial charge in [-0.05, 0) is 55.0 Å². The molecule has 0 saturated carbocycles. The third-order valence-electron chi connectivity index (χ3n) is 2.89. The molecule has 2 aromatic carbocycles. The minimum absolute atomic E-state index is 0.105. The summed E-state index contributed by atoms with van der Waals surface area (Å²) in [6.45, 7) is 1.84. The lowest BCUT2D eigenvalue weighted by Crippen LogP contribution is -2.19. The highest BCUT2D eigenvalue weighted by atomic mass is 35.5. The van der Waals surface area contributed by atoms with E-state index in [1.54, 1.807) is 42.5 Å². The second-order valence-electron chi connectivity index (χ2n) is 4.56. The molecule has 0 radical (unpaired) electrons. The number of carbonyl (C=O) groups excluding carboxylic acids is 1. The fraction of sp³-hybridized carbons (Fsp3) is 0.133. The molecule has 0 aliphatic heterocycles. The van der Waals surface area contributed by atoms with E-state index in [1.165, 1.54) is 0 Å². The Bertz CT molecular complexity index is 687. The smallest absolute Gasteiger partial charge is 0.237 e. The fourth-order valence-corrected chi connectivity index (χ4v) is 2.85. The summed E-state index contributed by atoms with van der Waals surface area (Å²) in [5.41, 5.74) is 7.82. The number of nitrogen functional groups attached to an aromatic ring is 1. The fourth-order valence-electron chi connectivity index (χ4n) is 1.72. The van der Waals surface area contributed by atoms with Gasteiger partial charge in [-0.3, -0.25) is 9.00 Å². The lowest BCUT2D eigenvalue weighted by atomic mass is 10.2. The molecule has 0 aliphatic rings. The highest BCUT2D eigenvalue weighted by Crippen LogP contribution is 2.17. The average Bonchev–Trinajstić information content (AvgIpc) is 2.44. The van der Waals surface area contributed by atoms with Crippen LogP contribution in [0.2, 0.25) is 5.02 Å². The van der Waals surface area contributed by atoms with E-state index < -0.39 is 10.8 Å². The zero-order valence-corrected chi connectivity index (χ0v) is 13.0. The Morgan fingerprint density at radius 1 is 1.24 bits per heavy atom. The molecule has 1 atom stereocenters. The van der Waals surface area contributed by atoms with Gasteiger partial charge in [0.2, 0.25) is 5.91 Å². The minimum atomic E-state index is -1.40. The van der Waals surface area contributed by atoms with Crippen molar-refractivity contribution in [1.82, 2.24) is 0 Å². The van der Waals surface area contributed by atoms with Gasteiger partial charge >= 0.3 is 0 Å². The van der Waals surface area contributed by atoms with Gasteiger partial charge in [-0.1, -0.05) is 11.6 Å². The molecule has 3 N–H and O–H groups in total. The van der Waals surface area contributed by atoms with Crippen molar-refractivity contribution in [3.63, 3.8) is 0 Å². The van der Waals surface area contributed by atoms with Gasteiger partial charge in [-0.15, -0.1) is 0 Å². The van der Waals surface area contributed by atoms with Gasteiger partial charge in [-0.25, -0.2) is 0 Å². The maximum absolute atomic E-state index is 12.2. The second-order valence-corrected chi connectivity index (χ2v) is 6.45. The van der Waals surface area contributed by atoms with Crippen LogP contribution >= 0.6 is 11.6 Å². The summed E-state index contributed by atoms with van der Waals surface area (Å²) in [4.78, 5) is 12.5. The largest absolute Gasteiger partial charge is 0.399 e. The number of hydrogen-bond acceptors (Lipinski definition) is 3. The first-order valence-electron chi connectivity index (χ1n) is 6.25. The summed E-state index contributed by atoms with van der Waals surface area (Å²) in [5, 5.41) is 3.27. The molecule has 0 spiro atoms. The first-order valence-corrected chi connectivity index (χ1v) is 7.95. The van der Waals surface area contributed by atoms with E-state index in [4.69, 9.17) is 17.3 Å². The van der Waals surface area contributed by atoms with Crippen LogP contribution in [0.1, 0.15) is 5.56 Å². The number of amides is 1. The zero-order chi connectivity index (χ0) is 15.4. The number of halogens is 1. The maximum atomic E-state index is 12.2. The molecule has 0 aromatic heterocycles. The Morgan fingerprint density at radius 2 is 1.90 bits per heavy atom. The monoisotopic (exact) mass is 322 g/mol. The van der Waals surface area contributed by atoms with E-state index in [-0.39, 0.29) is 11.7 Å². The predicted molar refractivity (Wildman–Crippen MR) is 86.9 cm³/mol. The minimum Gasteiger partial charge on any atom is -0.399 e. The molecular formula is C15H15ClN2O2S. The number of carbonyl (C=O) groups is 1. The predicted octanol–water partition coefficient (Wildman–Crippen LogP) is 2.98. The van der Waals surface area contributed by atoms with Gasteiger partial charge in [0.15, 0.2) is 0 Å². The molecule has 0 bridgehead atoms. The lowest BCUT2D eigenvalue weighted by molar-refractivity contribution is -0.113. The van der Waals surface area contributed by atoms with Gasteiger partial charge in [-0.2, -0.15) is 0 Å². The summed E-state index contributed by atoms with van der Waals surface area (Å²) in [7, 11) is -1.40. The van der Waals surface area contributed by atoms with Crippen molar-refractivity contribution in [2.75, 3.05) is 16.8 Å². The van der Waals surface area contributed by atoms with Crippen LogP contribution in [0.4, 0.5) is 11.4 Å². The van der Waals surface area contributed by atoms with Crippen LogP contribution < -0.4 is 11.1 Å². The SMILES string of the molecule is Cc1cc(S(=O)CC(=O)Nc2ccc(Cl)cc2)ccc1N. The first-order chi connectivity index (χ1) is 9.95. The molecule has 110 valence electrons. The molecule has 4 nitrogen and oxygen atoms in total. The van der Waals surface area contributed by atoms with Gasteiger partial charge < -0.3 is 11.1 Å². The van der Waals surface area contributed by atoms with Crippen molar-refractivity contribution in [1.29, 1.82) is 0 Å². The normalized spacial score (nSPS) is 11.9. The van der Waals surface area contributed by atoms with Crippen LogP contribution in [0.5, 0.6) is 0 Å². The van der Waals surface area contributed by atoms with Gasteiger partial charge in [0.1, 0.15) is 5.75 Å². The maximum Gasteiger partial charge on any atom is 0.237 e. The summed E-state index contributed by atoms with van der Waals surface area (Å²) in [6.07, 6.45) is 0. The van der Waals surface area contributed by atoms with Gasteiger partial charge in [0.05, 0.1) is 10.8 Å². The molecule has 1 amide bonds. The standard InChI is InChI=1S/C15H15ClN2O2S/c1-10-8-13(6-7-14(10)17)21(20)9-15(19)18-12-4-2-11(16)3-5-12/h2-8H,9,17H2,1H3,(H,18,19). The molecule has 2 rings (SSSR count). The van der Waals surface area contributed by atoms with E-state index in [9.17, 15) is 9.00 Å². The highest BCUT2D eigenvalue weighted by molar-refractivity contribution is 7.85. The number of nitrogens with one attached hydrogen (secondary N) is 1. The van der Waals surface area contributed by atoms with Crippen molar-refractivity contribution in [2.45, 2.75) is 11.8 Å². The van der Waals surface area contributed by atoms with Crippen molar-refractivity contribution in [3.8, 4) is 0 Å². The van der Waals surface area contributed by atoms with E-state index in [0.717, 1.165) is 5.56 Å². The van der Waals surface area contributed by atoms with Crippen molar-refractivity contribution < 1.29 is 9.00 Å². The van der Waals surface area contributed by atoms with E-state index in [1.807, 2.05) is 6.92 Å². The number of aryl methyl sites for hydroxylation is 1. The first kappa shape index (κ1) is 15.5. The lowest BCUT2D eigenvalue weighted by Gasteiger charge is -2.07. The Morgan fingerprint density at radius 3 is 2.52 bits per heavy atom. The van der Waals surface area contributed by atoms with Crippen LogP contribution in [0.25, 0.3) is 0 Å². The number of anilines is 2. The third-order valence-corrected chi connectivity index (χ3v) is 4.45. The molecule has 0 heterocycles. The van der Waals surface area contributed by atoms with Crippen LogP contribution in [-0.4, -0.2) is 15.9 Å². The second kappa shape index (κ2) is 6.74. The van der Waals surface area contributed by atoms with Crippen LogP contribution in [0.3, 0.4) is 0 Å². The van der Waals surface area contributed by atoms with Gasteiger partial charge in [0.25, 0.3) is 0 Å². The Hall–Kier alpha value is -1.85. The van der Waals surface area contributed by atoms with Crippen LogP contribution in [0.15, 0.2) is 47.4 Å². The molecule has 0 aliphatic carbocycles. The topological polar surface area (TPSA) is 72.2 Å². The van der Waals surface area contributed by atoms with E-state index in [0.29, 0.717) is 21.3 Å². The van der Waals surface area contributed by atoms with Crippen LogP contribution in [0, 0.1) is 6.92 Å². The number of rotatable bonds is 4.